The summed E-state index contributed by atoms with van der Waals surface area (Å²) in [5.74, 6) is 0.279. The van der Waals surface area contributed by atoms with Gasteiger partial charge in [-0.05, 0) is 19.8 Å². The van der Waals surface area contributed by atoms with Crippen molar-refractivity contribution in [2.75, 3.05) is 25.0 Å². The van der Waals surface area contributed by atoms with E-state index < -0.39 is 0 Å². The van der Waals surface area contributed by atoms with E-state index in [-0.39, 0.29) is 12.0 Å². The van der Waals surface area contributed by atoms with E-state index in [9.17, 15) is 4.79 Å². The molecule has 1 amide bonds. The number of alkyl halides is 1. The van der Waals surface area contributed by atoms with Crippen LogP contribution in [-0.2, 0) is 9.53 Å². The van der Waals surface area contributed by atoms with Gasteiger partial charge in [0.1, 0.15) is 0 Å². The molecule has 0 aromatic heterocycles. The third-order valence-corrected chi connectivity index (χ3v) is 2.93. The van der Waals surface area contributed by atoms with Gasteiger partial charge in [0.2, 0.25) is 5.91 Å². The zero-order valence-corrected chi connectivity index (χ0v) is 10.3. The quantitative estimate of drug-likeness (QED) is 0.572. The molecular formula is C10H18BrNO2. The molecule has 0 spiro atoms. The van der Waals surface area contributed by atoms with Gasteiger partial charge in [-0.2, -0.15) is 0 Å². The Hall–Kier alpha value is -0.0900. The second-order valence-electron chi connectivity index (χ2n) is 3.67. The lowest BCUT2D eigenvalue weighted by Gasteiger charge is -2.31. The van der Waals surface area contributed by atoms with Gasteiger partial charge in [0.05, 0.1) is 12.7 Å². The van der Waals surface area contributed by atoms with Gasteiger partial charge in [-0.1, -0.05) is 15.9 Å². The fourth-order valence-corrected chi connectivity index (χ4v) is 1.97. The number of unbranched alkanes of at least 4 members (excludes halogenated alkanes) is 1. The van der Waals surface area contributed by atoms with Crippen LogP contribution in [0.2, 0.25) is 0 Å². The van der Waals surface area contributed by atoms with E-state index in [1.165, 1.54) is 0 Å². The maximum Gasteiger partial charge on any atom is 0.222 e. The highest BCUT2D eigenvalue weighted by molar-refractivity contribution is 9.09. The number of rotatable bonds is 4. The van der Waals surface area contributed by atoms with E-state index >= 15 is 0 Å². The molecule has 1 atom stereocenters. The van der Waals surface area contributed by atoms with Crippen LogP contribution in [0.3, 0.4) is 0 Å². The number of halogens is 1. The summed E-state index contributed by atoms with van der Waals surface area (Å²) in [6.45, 7) is 4.22. The first kappa shape index (κ1) is 12.0. The predicted octanol–water partition coefficient (Wildman–Crippen LogP) is 1.80. The number of ether oxygens (including phenoxy) is 1. The molecule has 3 nitrogen and oxygen atoms in total. The van der Waals surface area contributed by atoms with Crippen molar-refractivity contribution in [3.05, 3.63) is 0 Å². The Morgan fingerprint density at radius 1 is 1.57 bits per heavy atom. The van der Waals surface area contributed by atoms with Crippen molar-refractivity contribution >= 4 is 21.8 Å². The van der Waals surface area contributed by atoms with Crippen molar-refractivity contribution in [1.82, 2.24) is 4.90 Å². The zero-order valence-electron chi connectivity index (χ0n) is 8.67. The molecule has 0 N–H and O–H groups in total. The molecule has 1 fully saturated rings. The van der Waals surface area contributed by atoms with Gasteiger partial charge in [-0.15, -0.1) is 0 Å². The maximum absolute atomic E-state index is 11.7. The molecule has 1 rings (SSSR count). The van der Waals surface area contributed by atoms with Gasteiger partial charge < -0.3 is 9.64 Å². The first-order chi connectivity index (χ1) is 6.74. The monoisotopic (exact) mass is 263 g/mol. The molecule has 1 unspecified atom stereocenters. The number of nitrogens with zero attached hydrogens (tertiary/aromatic N) is 1. The molecule has 0 bridgehead atoms. The Labute approximate surface area is 93.9 Å². The average molecular weight is 264 g/mol. The van der Waals surface area contributed by atoms with E-state index in [1.807, 2.05) is 11.8 Å². The lowest BCUT2D eigenvalue weighted by Crippen LogP contribution is -2.44. The molecular weight excluding hydrogens is 246 g/mol. The van der Waals surface area contributed by atoms with E-state index in [2.05, 4.69) is 15.9 Å². The number of hydrogen-bond donors (Lipinski definition) is 0. The summed E-state index contributed by atoms with van der Waals surface area (Å²) in [6.07, 6.45) is 2.93. The molecule has 1 aliphatic rings. The van der Waals surface area contributed by atoms with Crippen LogP contribution in [0, 0.1) is 0 Å². The van der Waals surface area contributed by atoms with Gasteiger partial charge in [0.25, 0.3) is 0 Å². The van der Waals surface area contributed by atoms with E-state index in [4.69, 9.17) is 4.74 Å². The van der Waals surface area contributed by atoms with E-state index in [0.29, 0.717) is 13.0 Å². The van der Waals surface area contributed by atoms with Gasteiger partial charge in [0, 0.05) is 24.8 Å². The van der Waals surface area contributed by atoms with Gasteiger partial charge in [-0.25, -0.2) is 0 Å². The molecule has 1 heterocycles. The lowest BCUT2D eigenvalue weighted by atomic mass is 10.2. The number of amides is 1. The predicted molar refractivity (Wildman–Crippen MR) is 59.6 cm³/mol. The normalized spacial score (nSPS) is 22.4. The minimum Gasteiger partial charge on any atom is -0.375 e. The van der Waals surface area contributed by atoms with Gasteiger partial charge in [0.15, 0.2) is 0 Å². The molecule has 0 radical (unpaired) electrons. The molecule has 0 aliphatic carbocycles. The Bertz CT molecular complexity index is 187. The molecule has 4 heteroatoms. The van der Waals surface area contributed by atoms with Crippen LogP contribution in [-0.4, -0.2) is 41.9 Å². The van der Waals surface area contributed by atoms with Crippen LogP contribution in [0.25, 0.3) is 0 Å². The van der Waals surface area contributed by atoms with Crippen LogP contribution in [0.5, 0.6) is 0 Å². The fraction of sp³-hybridized carbons (Fsp3) is 0.900. The van der Waals surface area contributed by atoms with Crippen molar-refractivity contribution in [3.63, 3.8) is 0 Å². The third-order valence-electron chi connectivity index (χ3n) is 2.37. The minimum absolute atomic E-state index is 0.198. The Morgan fingerprint density at radius 3 is 3.00 bits per heavy atom. The summed E-state index contributed by atoms with van der Waals surface area (Å²) in [7, 11) is 0. The standard InChI is InChI=1S/C10H18BrNO2/c1-9-8-12(6-7-14-9)10(13)4-2-3-5-11/h9H,2-8H2,1H3. The van der Waals surface area contributed by atoms with Gasteiger partial charge >= 0.3 is 0 Å². The zero-order chi connectivity index (χ0) is 10.4. The molecule has 0 aromatic rings. The summed E-state index contributed by atoms with van der Waals surface area (Å²) >= 11 is 3.36. The van der Waals surface area contributed by atoms with Crippen LogP contribution >= 0.6 is 15.9 Å². The molecule has 14 heavy (non-hydrogen) atoms. The largest absolute Gasteiger partial charge is 0.375 e. The van der Waals surface area contributed by atoms with Crippen LogP contribution in [0.4, 0.5) is 0 Å². The fourth-order valence-electron chi connectivity index (χ4n) is 1.57. The minimum atomic E-state index is 0.198. The van der Waals surface area contributed by atoms with Crippen molar-refractivity contribution in [3.8, 4) is 0 Å². The van der Waals surface area contributed by atoms with Crippen molar-refractivity contribution < 1.29 is 9.53 Å². The van der Waals surface area contributed by atoms with E-state index in [1.54, 1.807) is 0 Å². The summed E-state index contributed by atoms with van der Waals surface area (Å²) < 4.78 is 5.38. The number of carbonyl (C=O) groups excluding carboxylic acids is 1. The second-order valence-corrected chi connectivity index (χ2v) is 4.46. The Balaban J connectivity index is 2.22. The third kappa shape index (κ3) is 3.96. The summed E-state index contributed by atoms with van der Waals surface area (Å²) in [5, 5.41) is 0.986. The SMILES string of the molecule is CC1CN(C(=O)CCCCBr)CCO1. The Kier molecular flexibility index (Phi) is 5.48. The molecule has 0 aromatic carbocycles. The van der Waals surface area contributed by atoms with Crippen LogP contribution in [0.1, 0.15) is 26.2 Å². The number of carbonyl (C=O) groups is 1. The Morgan fingerprint density at radius 2 is 2.36 bits per heavy atom. The molecule has 82 valence electrons. The first-order valence-corrected chi connectivity index (χ1v) is 6.31. The number of morpholine rings is 1. The highest BCUT2D eigenvalue weighted by Gasteiger charge is 2.20. The smallest absolute Gasteiger partial charge is 0.222 e. The average Bonchev–Trinajstić information content (AvgIpc) is 2.18. The van der Waals surface area contributed by atoms with Crippen molar-refractivity contribution in [2.45, 2.75) is 32.3 Å². The lowest BCUT2D eigenvalue weighted by molar-refractivity contribution is -0.138. The highest BCUT2D eigenvalue weighted by atomic mass is 79.9. The van der Waals surface area contributed by atoms with Gasteiger partial charge in [-0.3, -0.25) is 4.79 Å². The number of hydrogen-bond acceptors (Lipinski definition) is 2. The first-order valence-electron chi connectivity index (χ1n) is 5.19. The summed E-state index contributed by atoms with van der Waals surface area (Å²) in [4.78, 5) is 13.6. The summed E-state index contributed by atoms with van der Waals surface area (Å²) in [6, 6.07) is 0. The highest BCUT2D eigenvalue weighted by Crippen LogP contribution is 2.08. The van der Waals surface area contributed by atoms with Crippen LogP contribution in [0.15, 0.2) is 0 Å². The summed E-state index contributed by atoms with van der Waals surface area (Å²) in [5.41, 5.74) is 0. The van der Waals surface area contributed by atoms with Crippen molar-refractivity contribution in [1.29, 1.82) is 0 Å². The molecule has 1 aliphatic heterocycles. The second kappa shape index (κ2) is 6.40. The van der Waals surface area contributed by atoms with Crippen molar-refractivity contribution in [2.24, 2.45) is 0 Å². The van der Waals surface area contributed by atoms with Crippen LogP contribution < -0.4 is 0 Å². The van der Waals surface area contributed by atoms with E-state index in [0.717, 1.165) is 31.3 Å². The molecule has 0 saturated carbocycles. The molecule has 1 saturated heterocycles. The maximum atomic E-state index is 11.7. The topological polar surface area (TPSA) is 29.5 Å².